The highest BCUT2D eigenvalue weighted by atomic mass is 19.1. The lowest BCUT2D eigenvalue weighted by Gasteiger charge is -2.37. The maximum absolute atomic E-state index is 13.7. The summed E-state index contributed by atoms with van der Waals surface area (Å²) in [6.45, 7) is 1.85. The molecule has 0 aromatic heterocycles. The van der Waals surface area contributed by atoms with Crippen molar-refractivity contribution in [2.75, 3.05) is 26.6 Å². The number of benzene rings is 2. The summed E-state index contributed by atoms with van der Waals surface area (Å²) in [5.41, 5.74) is 1.43. The third-order valence-corrected chi connectivity index (χ3v) is 5.31. The maximum Gasteiger partial charge on any atom is 0.244 e. The van der Waals surface area contributed by atoms with Crippen molar-refractivity contribution in [2.45, 2.75) is 18.3 Å². The summed E-state index contributed by atoms with van der Waals surface area (Å²) in [7, 11) is 0. The van der Waals surface area contributed by atoms with Crippen molar-refractivity contribution in [3.05, 3.63) is 65.5 Å². The van der Waals surface area contributed by atoms with Crippen LogP contribution in [-0.2, 0) is 14.9 Å². The van der Waals surface area contributed by atoms with Crippen molar-refractivity contribution in [3.8, 4) is 11.5 Å². The van der Waals surface area contributed by atoms with E-state index in [9.17, 15) is 9.18 Å². The molecule has 1 amide bonds. The second-order valence-electron chi connectivity index (χ2n) is 7.07. The topological polar surface area (TPSA) is 56.8 Å². The molecule has 0 unspecified atom stereocenters. The standard InChI is InChI=1S/C22H22FNO4/c23-18-3-1-2-17(13-18)22(8-10-26-11-9-22)14-24-21(25)7-5-16-4-6-19-20(12-16)28-15-27-19/h1-7,12-13H,8-11,14-15H2,(H,24,25). The number of carbonyl (C=O) groups excluding carboxylic acids is 1. The minimum Gasteiger partial charge on any atom is -0.454 e. The molecule has 6 heteroatoms. The highest BCUT2D eigenvalue weighted by molar-refractivity contribution is 5.91. The molecule has 4 rings (SSSR count). The molecular formula is C22H22FNO4. The van der Waals surface area contributed by atoms with Gasteiger partial charge in [0.25, 0.3) is 0 Å². The Morgan fingerprint density at radius 2 is 1.93 bits per heavy atom. The molecule has 2 aromatic rings. The SMILES string of the molecule is O=C(C=Cc1ccc2c(c1)OCO2)NCC1(c2cccc(F)c2)CCOCC1. The maximum atomic E-state index is 13.7. The molecule has 5 nitrogen and oxygen atoms in total. The zero-order valence-electron chi connectivity index (χ0n) is 15.4. The van der Waals surface area contributed by atoms with E-state index in [1.54, 1.807) is 18.2 Å². The largest absolute Gasteiger partial charge is 0.454 e. The molecule has 1 saturated heterocycles. The lowest BCUT2D eigenvalue weighted by atomic mass is 9.74. The van der Waals surface area contributed by atoms with Gasteiger partial charge in [-0.1, -0.05) is 18.2 Å². The van der Waals surface area contributed by atoms with E-state index in [0.29, 0.717) is 31.3 Å². The Bertz CT molecular complexity index is 890. The van der Waals surface area contributed by atoms with Crippen molar-refractivity contribution in [2.24, 2.45) is 0 Å². The fourth-order valence-corrected chi connectivity index (χ4v) is 3.65. The smallest absolute Gasteiger partial charge is 0.244 e. The van der Waals surface area contributed by atoms with Gasteiger partial charge in [0, 0.05) is 31.2 Å². The average molecular weight is 383 g/mol. The van der Waals surface area contributed by atoms with Gasteiger partial charge in [-0.05, 0) is 54.3 Å². The van der Waals surface area contributed by atoms with E-state index in [1.165, 1.54) is 12.1 Å². The molecule has 0 radical (unpaired) electrons. The number of carbonyl (C=O) groups is 1. The molecule has 0 atom stereocenters. The number of fused-ring (bicyclic) bond motifs is 1. The predicted octanol–water partition coefficient (Wildman–Crippen LogP) is 3.43. The summed E-state index contributed by atoms with van der Waals surface area (Å²) in [5.74, 6) is 0.922. The quantitative estimate of drug-likeness (QED) is 0.804. The molecule has 28 heavy (non-hydrogen) atoms. The molecule has 146 valence electrons. The van der Waals surface area contributed by atoms with Gasteiger partial charge in [0.15, 0.2) is 11.5 Å². The van der Waals surface area contributed by atoms with Crippen LogP contribution in [0.4, 0.5) is 4.39 Å². The zero-order valence-corrected chi connectivity index (χ0v) is 15.4. The van der Waals surface area contributed by atoms with Crippen LogP contribution in [0.15, 0.2) is 48.5 Å². The van der Waals surface area contributed by atoms with Gasteiger partial charge in [0.2, 0.25) is 12.7 Å². The van der Waals surface area contributed by atoms with E-state index < -0.39 is 0 Å². The molecule has 0 spiro atoms. The summed E-state index contributed by atoms with van der Waals surface area (Å²) in [5, 5.41) is 2.97. The van der Waals surface area contributed by atoms with Crippen molar-refractivity contribution >= 4 is 12.0 Å². The molecule has 2 aliphatic rings. The predicted molar refractivity (Wildman–Crippen MR) is 103 cm³/mol. The summed E-state index contributed by atoms with van der Waals surface area (Å²) in [6.07, 6.45) is 4.71. The Morgan fingerprint density at radius 1 is 1.11 bits per heavy atom. The van der Waals surface area contributed by atoms with Gasteiger partial charge in [0.05, 0.1) is 0 Å². The van der Waals surface area contributed by atoms with Crippen LogP contribution < -0.4 is 14.8 Å². The molecular weight excluding hydrogens is 361 g/mol. The highest BCUT2D eigenvalue weighted by Gasteiger charge is 2.35. The number of amides is 1. The Hall–Kier alpha value is -2.86. The minimum absolute atomic E-state index is 0.195. The first kappa shape index (κ1) is 18.5. The van der Waals surface area contributed by atoms with Crippen LogP contribution in [-0.4, -0.2) is 32.5 Å². The second kappa shape index (κ2) is 8.02. The van der Waals surface area contributed by atoms with E-state index in [4.69, 9.17) is 14.2 Å². The molecule has 2 aromatic carbocycles. The molecule has 0 aliphatic carbocycles. The second-order valence-corrected chi connectivity index (χ2v) is 7.07. The van der Waals surface area contributed by atoms with Gasteiger partial charge < -0.3 is 19.5 Å². The van der Waals surface area contributed by atoms with Crippen LogP contribution in [0.3, 0.4) is 0 Å². The normalized spacial score (nSPS) is 17.6. The van der Waals surface area contributed by atoms with Crippen LogP contribution >= 0.6 is 0 Å². The lowest BCUT2D eigenvalue weighted by molar-refractivity contribution is -0.116. The third-order valence-electron chi connectivity index (χ3n) is 5.31. The first-order chi connectivity index (χ1) is 13.6. The number of rotatable bonds is 5. The fraction of sp³-hybridized carbons (Fsp3) is 0.318. The Morgan fingerprint density at radius 3 is 2.75 bits per heavy atom. The first-order valence-corrected chi connectivity index (χ1v) is 9.34. The number of hydrogen-bond donors (Lipinski definition) is 1. The van der Waals surface area contributed by atoms with Crippen molar-refractivity contribution in [1.82, 2.24) is 5.32 Å². The summed E-state index contributed by atoms with van der Waals surface area (Å²) >= 11 is 0. The van der Waals surface area contributed by atoms with E-state index in [-0.39, 0.29) is 23.9 Å². The van der Waals surface area contributed by atoms with Gasteiger partial charge >= 0.3 is 0 Å². The number of hydrogen-bond acceptors (Lipinski definition) is 4. The molecule has 0 saturated carbocycles. The van der Waals surface area contributed by atoms with Crippen LogP contribution in [0, 0.1) is 5.82 Å². The van der Waals surface area contributed by atoms with Crippen LogP contribution in [0.1, 0.15) is 24.0 Å². The molecule has 2 heterocycles. The van der Waals surface area contributed by atoms with Crippen LogP contribution in [0.2, 0.25) is 0 Å². The summed E-state index contributed by atoms with van der Waals surface area (Å²) < 4.78 is 29.9. The molecule has 2 aliphatic heterocycles. The van der Waals surface area contributed by atoms with E-state index in [0.717, 1.165) is 24.0 Å². The average Bonchev–Trinajstić information content (AvgIpc) is 3.19. The molecule has 1 N–H and O–H groups in total. The monoisotopic (exact) mass is 383 g/mol. The van der Waals surface area contributed by atoms with E-state index >= 15 is 0 Å². The van der Waals surface area contributed by atoms with Gasteiger partial charge in [-0.15, -0.1) is 0 Å². The third kappa shape index (κ3) is 4.02. The van der Waals surface area contributed by atoms with Gasteiger partial charge in [0.1, 0.15) is 5.82 Å². The van der Waals surface area contributed by atoms with Crippen molar-refractivity contribution < 1.29 is 23.4 Å². The Balaban J connectivity index is 1.43. The van der Waals surface area contributed by atoms with Gasteiger partial charge in [-0.3, -0.25) is 4.79 Å². The van der Waals surface area contributed by atoms with Crippen molar-refractivity contribution in [3.63, 3.8) is 0 Å². The minimum atomic E-state index is -0.317. The lowest BCUT2D eigenvalue weighted by Crippen LogP contribution is -2.44. The number of ether oxygens (including phenoxy) is 3. The molecule has 1 fully saturated rings. The van der Waals surface area contributed by atoms with E-state index in [2.05, 4.69) is 5.32 Å². The number of halogens is 1. The van der Waals surface area contributed by atoms with Crippen LogP contribution in [0.25, 0.3) is 6.08 Å². The number of nitrogens with one attached hydrogen (secondary N) is 1. The fourth-order valence-electron chi connectivity index (χ4n) is 3.65. The highest BCUT2D eigenvalue weighted by Crippen LogP contribution is 2.35. The van der Waals surface area contributed by atoms with Crippen LogP contribution in [0.5, 0.6) is 11.5 Å². The van der Waals surface area contributed by atoms with Gasteiger partial charge in [-0.2, -0.15) is 0 Å². The summed E-state index contributed by atoms with van der Waals surface area (Å²) in [4.78, 5) is 12.4. The van der Waals surface area contributed by atoms with Gasteiger partial charge in [-0.25, -0.2) is 4.39 Å². The van der Waals surface area contributed by atoms with E-state index in [1.807, 2.05) is 24.3 Å². The Labute approximate surface area is 163 Å². The zero-order chi connectivity index (χ0) is 19.4. The molecule has 0 bridgehead atoms. The Kier molecular flexibility index (Phi) is 5.30. The first-order valence-electron chi connectivity index (χ1n) is 9.34. The summed E-state index contributed by atoms with van der Waals surface area (Å²) in [6, 6.07) is 12.1. The van der Waals surface area contributed by atoms with Crippen molar-refractivity contribution in [1.29, 1.82) is 0 Å².